The molecular weight excluding hydrogens is 190 g/mol. The summed E-state index contributed by atoms with van der Waals surface area (Å²) < 4.78 is 1.63. The van der Waals surface area contributed by atoms with Crippen LogP contribution >= 0.6 is 0 Å². The third kappa shape index (κ3) is 3.81. The average molecular weight is 209 g/mol. The zero-order chi connectivity index (χ0) is 11.3. The fourth-order valence-electron chi connectivity index (χ4n) is 1.23. The Kier molecular flexibility index (Phi) is 4.46. The van der Waals surface area contributed by atoms with Crippen molar-refractivity contribution in [2.24, 2.45) is 5.92 Å². The summed E-state index contributed by atoms with van der Waals surface area (Å²) in [4.78, 5) is 11.4. The highest BCUT2D eigenvalue weighted by Gasteiger charge is 2.09. The smallest absolute Gasteiger partial charge is 0.156 e. The van der Waals surface area contributed by atoms with Gasteiger partial charge in [0.1, 0.15) is 6.54 Å². The van der Waals surface area contributed by atoms with Gasteiger partial charge in [-0.2, -0.15) is 0 Å². The Morgan fingerprint density at radius 2 is 2.27 bits per heavy atom. The second kappa shape index (κ2) is 5.63. The molecule has 0 bridgehead atoms. The van der Waals surface area contributed by atoms with Gasteiger partial charge >= 0.3 is 0 Å². The van der Waals surface area contributed by atoms with Crippen LogP contribution < -0.4 is 0 Å². The number of Topliss-reactive ketones (excluding diaryl/α,β-unsaturated/α-hetero) is 1. The highest BCUT2D eigenvalue weighted by Crippen LogP contribution is 2.02. The molecule has 0 fully saturated rings. The van der Waals surface area contributed by atoms with Crippen molar-refractivity contribution in [1.82, 2.24) is 15.0 Å². The van der Waals surface area contributed by atoms with E-state index < -0.39 is 0 Å². The van der Waals surface area contributed by atoms with E-state index in [2.05, 4.69) is 17.2 Å². The van der Waals surface area contributed by atoms with Crippen LogP contribution in [0.5, 0.6) is 0 Å². The van der Waals surface area contributed by atoms with Crippen LogP contribution in [0.25, 0.3) is 0 Å². The molecule has 0 N–H and O–H groups in total. The first kappa shape index (κ1) is 11.9. The van der Waals surface area contributed by atoms with Gasteiger partial charge in [-0.25, -0.2) is 4.68 Å². The first-order valence-electron chi connectivity index (χ1n) is 5.55. The van der Waals surface area contributed by atoms with Crippen LogP contribution in [0.15, 0.2) is 6.20 Å². The van der Waals surface area contributed by atoms with Crippen LogP contribution in [0, 0.1) is 5.92 Å². The van der Waals surface area contributed by atoms with E-state index in [0.29, 0.717) is 6.54 Å². The minimum absolute atomic E-state index is 0.0632. The molecule has 0 saturated carbocycles. The highest BCUT2D eigenvalue weighted by molar-refractivity contribution is 5.79. The van der Waals surface area contributed by atoms with Crippen LogP contribution in [-0.4, -0.2) is 20.8 Å². The average Bonchev–Trinajstić information content (AvgIpc) is 2.62. The quantitative estimate of drug-likeness (QED) is 0.718. The Labute approximate surface area is 90.7 Å². The molecule has 4 heteroatoms. The lowest BCUT2D eigenvalue weighted by atomic mass is 10.1. The van der Waals surface area contributed by atoms with Crippen molar-refractivity contribution in [1.29, 1.82) is 0 Å². The number of hydrogen-bond acceptors (Lipinski definition) is 3. The molecule has 0 amide bonds. The number of aromatic nitrogens is 3. The van der Waals surface area contributed by atoms with E-state index in [1.54, 1.807) is 4.68 Å². The van der Waals surface area contributed by atoms with Gasteiger partial charge in [0.2, 0.25) is 0 Å². The number of rotatable bonds is 6. The van der Waals surface area contributed by atoms with Crippen molar-refractivity contribution in [2.75, 3.05) is 0 Å². The van der Waals surface area contributed by atoms with Crippen molar-refractivity contribution in [3.8, 4) is 0 Å². The minimum Gasteiger partial charge on any atom is -0.297 e. The van der Waals surface area contributed by atoms with E-state index in [1.165, 1.54) is 0 Å². The molecule has 84 valence electrons. The van der Waals surface area contributed by atoms with Gasteiger partial charge in [0, 0.05) is 12.1 Å². The fourth-order valence-corrected chi connectivity index (χ4v) is 1.23. The molecule has 0 spiro atoms. The summed E-state index contributed by atoms with van der Waals surface area (Å²) in [5, 5.41) is 7.96. The first-order chi connectivity index (χ1) is 7.13. The summed E-state index contributed by atoms with van der Waals surface area (Å²) in [5.74, 6) is 0.259. The normalized spacial score (nSPS) is 10.9. The van der Waals surface area contributed by atoms with Crippen molar-refractivity contribution in [3.05, 3.63) is 11.9 Å². The Morgan fingerprint density at radius 1 is 1.53 bits per heavy atom. The molecule has 0 aliphatic heterocycles. The summed E-state index contributed by atoms with van der Waals surface area (Å²) in [6, 6.07) is 0. The monoisotopic (exact) mass is 209 g/mol. The lowest BCUT2D eigenvalue weighted by Gasteiger charge is -2.02. The molecule has 0 aliphatic rings. The number of unbranched alkanes of at least 4 members (excludes halogenated alkanes) is 1. The van der Waals surface area contributed by atoms with Gasteiger partial charge in [-0.3, -0.25) is 4.79 Å². The van der Waals surface area contributed by atoms with Crippen LogP contribution in [0.2, 0.25) is 0 Å². The molecule has 4 nitrogen and oxygen atoms in total. The predicted octanol–water partition coefficient (Wildman–Crippen LogP) is 1.85. The third-order valence-corrected chi connectivity index (χ3v) is 2.33. The van der Waals surface area contributed by atoms with Crippen molar-refractivity contribution in [2.45, 2.75) is 46.6 Å². The van der Waals surface area contributed by atoms with Crippen molar-refractivity contribution >= 4 is 5.78 Å². The summed E-state index contributed by atoms with van der Waals surface area (Å²) >= 11 is 0. The zero-order valence-corrected chi connectivity index (χ0v) is 9.73. The maximum Gasteiger partial charge on any atom is 0.156 e. The molecule has 0 atom stereocenters. The van der Waals surface area contributed by atoms with E-state index in [-0.39, 0.29) is 11.7 Å². The lowest BCUT2D eigenvalue weighted by molar-refractivity contribution is -0.122. The molecule has 1 aromatic rings. The van der Waals surface area contributed by atoms with Crippen LogP contribution in [0.4, 0.5) is 0 Å². The summed E-state index contributed by atoms with van der Waals surface area (Å²) in [5.41, 5.74) is 0.980. The van der Waals surface area contributed by atoms with Crippen LogP contribution in [0.3, 0.4) is 0 Å². The summed E-state index contributed by atoms with van der Waals surface area (Å²) in [6.45, 7) is 6.29. The zero-order valence-electron chi connectivity index (χ0n) is 9.73. The van der Waals surface area contributed by atoms with Gasteiger partial charge < -0.3 is 0 Å². The topological polar surface area (TPSA) is 47.8 Å². The number of carbonyl (C=O) groups excluding carboxylic acids is 1. The van der Waals surface area contributed by atoms with E-state index in [4.69, 9.17) is 0 Å². The Balaban J connectivity index is 2.49. The number of ketones is 1. The lowest BCUT2D eigenvalue weighted by Crippen LogP contribution is -2.15. The highest BCUT2D eigenvalue weighted by atomic mass is 16.1. The van der Waals surface area contributed by atoms with E-state index in [0.717, 1.165) is 25.0 Å². The van der Waals surface area contributed by atoms with E-state index in [9.17, 15) is 4.79 Å². The second-order valence-corrected chi connectivity index (χ2v) is 4.13. The first-order valence-corrected chi connectivity index (χ1v) is 5.55. The molecule has 0 aromatic carbocycles. The standard InChI is InChI=1S/C11H19N3O/c1-4-5-6-10-7-14(13-12-10)8-11(15)9(2)3/h7,9H,4-6,8H2,1-3H3. The van der Waals surface area contributed by atoms with Gasteiger partial charge in [0.25, 0.3) is 0 Å². The molecule has 15 heavy (non-hydrogen) atoms. The van der Waals surface area contributed by atoms with Gasteiger partial charge in [0.15, 0.2) is 5.78 Å². The van der Waals surface area contributed by atoms with Gasteiger partial charge in [-0.1, -0.05) is 32.4 Å². The number of carbonyl (C=O) groups is 1. The molecule has 1 heterocycles. The molecule has 1 rings (SSSR count). The van der Waals surface area contributed by atoms with Gasteiger partial charge in [-0.15, -0.1) is 5.10 Å². The number of nitrogens with zero attached hydrogens (tertiary/aromatic N) is 3. The Bertz CT molecular complexity index is 317. The number of aryl methyl sites for hydroxylation is 1. The van der Waals surface area contributed by atoms with Crippen LogP contribution in [-0.2, 0) is 17.8 Å². The molecule has 0 saturated heterocycles. The van der Waals surface area contributed by atoms with Crippen molar-refractivity contribution < 1.29 is 4.79 Å². The second-order valence-electron chi connectivity index (χ2n) is 4.13. The maximum absolute atomic E-state index is 11.4. The molecule has 1 aromatic heterocycles. The van der Waals surface area contributed by atoms with Crippen LogP contribution in [0.1, 0.15) is 39.3 Å². The Morgan fingerprint density at radius 3 is 2.87 bits per heavy atom. The molecule has 0 aliphatic carbocycles. The molecule has 0 radical (unpaired) electrons. The van der Waals surface area contributed by atoms with Crippen molar-refractivity contribution in [3.63, 3.8) is 0 Å². The van der Waals surface area contributed by atoms with Gasteiger partial charge in [-0.05, 0) is 12.8 Å². The molecular formula is C11H19N3O. The fraction of sp³-hybridized carbons (Fsp3) is 0.727. The van der Waals surface area contributed by atoms with E-state index >= 15 is 0 Å². The maximum atomic E-state index is 11.4. The third-order valence-electron chi connectivity index (χ3n) is 2.33. The number of hydrogen-bond donors (Lipinski definition) is 0. The largest absolute Gasteiger partial charge is 0.297 e. The SMILES string of the molecule is CCCCc1cn(CC(=O)C(C)C)nn1. The minimum atomic E-state index is 0.0632. The predicted molar refractivity (Wildman–Crippen MR) is 58.5 cm³/mol. The Hall–Kier alpha value is -1.19. The van der Waals surface area contributed by atoms with Gasteiger partial charge in [0.05, 0.1) is 5.69 Å². The van der Waals surface area contributed by atoms with E-state index in [1.807, 2.05) is 20.0 Å². The summed E-state index contributed by atoms with van der Waals surface area (Å²) in [6.07, 6.45) is 5.09. The summed E-state index contributed by atoms with van der Waals surface area (Å²) in [7, 11) is 0. The molecule has 0 unspecified atom stereocenters.